The maximum absolute atomic E-state index is 14.7. The zero-order valence-electron chi connectivity index (χ0n) is 16.8. The van der Waals surface area contributed by atoms with Crippen LogP contribution in [0.5, 0.6) is 5.75 Å². The second kappa shape index (κ2) is 7.92. The Kier molecular flexibility index (Phi) is 5.12. The van der Waals surface area contributed by atoms with E-state index in [9.17, 15) is 9.50 Å². The average Bonchev–Trinajstić information content (AvgIpc) is 3.28. The van der Waals surface area contributed by atoms with Gasteiger partial charge in [0.2, 0.25) is 0 Å². The van der Waals surface area contributed by atoms with Crippen LogP contribution in [0.3, 0.4) is 0 Å². The number of aromatic hydroxyl groups is 1. The molecule has 0 radical (unpaired) electrons. The normalized spacial score (nSPS) is 18.9. The summed E-state index contributed by atoms with van der Waals surface area (Å²) in [7, 11) is 0. The summed E-state index contributed by atoms with van der Waals surface area (Å²) < 4.78 is 18.9. The number of halogens is 1. The summed E-state index contributed by atoms with van der Waals surface area (Å²) in [5.41, 5.74) is 1.95. The van der Waals surface area contributed by atoms with Gasteiger partial charge in [0.25, 0.3) is 0 Å². The van der Waals surface area contributed by atoms with E-state index in [1.54, 1.807) is 12.1 Å². The summed E-state index contributed by atoms with van der Waals surface area (Å²) in [5.74, 6) is 1.25. The summed E-state index contributed by atoms with van der Waals surface area (Å²) in [6.07, 6.45) is 3.81. The van der Waals surface area contributed by atoms with Gasteiger partial charge in [0.1, 0.15) is 11.6 Å². The standard InChI is InChI=1S/C22H24FN5OS/c1-13-8-21(30-27-13)16-10-20(29)17(9-18(16)23)19-4-5-22(26-25-19)28-7-6-15(12-28)24-11-14-2-3-14/h4-5,8-10,14-15,24,29H,2-3,6-7,11-12H2,1H3/t15-/m0/s1. The minimum atomic E-state index is -0.415. The van der Waals surface area contributed by atoms with Gasteiger partial charge in [0.15, 0.2) is 5.82 Å². The molecule has 2 N–H and O–H groups in total. The first-order valence-electron chi connectivity index (χ1n) is 10.4. The molecule has 1 aliphatic carbocycles. The Bertz CT molecular complexity index is 1050. The van der Waals surface area contributed by atoms with Crippen molar-refractivity contribution in [3.05, 3.63) is 41.8 Å². The fraction of sp³-hybridized carbons (Fsp3) is 0.409. The molecule has 1 aliphatic heterocycles. The van der Waals surface area contributed by atoms with Gasteiger partial charge < -0.3 is 15.3 Å². The van der Waals surface area contributed by atoms with Crippen molar-refractivity contribution in [2.24, 2.45) is 5.92 Å². The fourth-order valence-corrected chi connectivity index (χ4v) is 4.65. The molecule has 8 heteroatoms. The topological polar surface area (TPSA) is 74.2 Å². The lowest BCUT2D eigenvalue weighted by molar-refractivity contribution is 0.475. The molecule has 0 amide bonds. The van der Waals surface area contributed by atoms with Crippen LogP contribution in [-0.4, -0.2) is 45.4 Å². The molecule has 3 aromatic rings. The highest BCUT2D eigenvalue weighted by Crippen LogP contribution is 2.36. The first kappa shape index (κ1) is 19.4. The predicted molar refractivity (Wildman–Crippen MR) is 116 cm³/mol. The molecule has 30 heavy (non-hydrogen) atoms. The maximum atomic E-state index is 14.7. The number of benzene rings is 1. The molecule has 5 rings (SSSR count). The van der Waals surface area contributed by atoms with Crippen LogP contribution >= 0.6 is 11.5 Å². The molecule has 6 nitrogen and oxygen atoms in total. The van der Waals surface area contributed by atoms with E-state index in [1.807, 2.05) is 13.0 Å². The van der Waals surface area contributed by atoms with Gasteiger partial charge in [-0.05, 0) is 80.5 Å². The maximum Gasteiger partial charge on any atom is 0.151 e. The Hall–Kier alpha value is -2.58. The molecule has 1 saturated heterocycles. The molecule has 0 unspecified atom stereocenters. The van der Waals surface area contributed by atoms with Crippen LogP contribution in [0.1, 0.15) is 25.0 Å². The van der Waals surface area contributed by atoms with Gasteiger partial charge in [-0.2, -0.15) is 4.37 Å². The van der Waals surface area contributed by atoms with Gasteiger partial charge in [-0.15, -0.1) is 10.2 Å². The van der Waals surface area contributed by atoms with Crippen molar-refractivity contribution in [3.8, 4) is 27.4 Å². The third kappa shape index (κ3) is 4.02. The van der Waals surface area contributed by atoms with Crippen LogP contribution in [0.4, 0.5) is 10.2 Å². The van der Waals surface area contributed by atoms with E-state index in [2.05, 4.69) is 24.8 Å². The summed E-state index contributed by atoms with van der Waals surface area (Å²) in [4.78, 5) is 2.91. The highest BCUT2D eigenvalue weighted by molar-refractivity contribution is 7.09. The SMILES string of the molecule is Cc1cc(-c2cc(O)c(-c3ccc(N4CC[C@H](NCC5CC5)C4)nn3)cc2F)sn1. The second-order valence-electron chi connectivity index (χ2n) is 8.24. The van der Waals surface area contributed by atoms with E-state index in [4.69, 9.17) is 0 Å². The number of phenolic OH excluding ortho intramolecular Hbond substituents is 1. The number of aromatic nitrogens is 3. The van der Waals surface area contributed by atoms with E-state index >= 15 is 0 Å². The van der Waals surface area contributed by atoms with Crippen LogP contribution in [0.15, 0.2) is 30.3 Å². The van der Waals surface area contributed by atoms with Crippen LogP contribution in [0, 0.1) is 18.7 Å². The smallest absolute Gasteiger partial charge is 0.151 e. The Labute approximate surface area is 178 Å². The lowest BCUT2D eigenvalue weighted by atomic mass is 10.1. The molecule has 0 bridgehead atoms. The van der Waals surface area contributed by atoms with Gasteiger partial charge in [0, 0.05) is 30.3 Å². The Morgan fingerprint density at radius 2 is 2.03 bits per heavy atom. The zero-order chi connectivity index (χ0) is 20.7. The molecule has 0 spiro atoms. The summed E-state index contributed by atoms with van der Waals surface area (Å²) >= 11 is 1.21. The molecule has 3 heterocycles. The number of aryl methyl sites for hydroxylation is 1. The van der Waals surface area contributed by atoms with Crippen LogP contribution < -0.4 is 10.2 Å². The number of nitrogens with zero attached hydrogens (tertiary/aromatic N) is 4. The van der Waals surface area contributed by atoms with Gasteiger partial charge >= 0.3 is 0 Å². The molecule has 2 aromatic heterocycles. The van der Waals surface area contributed by atoms with Crippen molar-refractivity contribution >= 4 is 17.4 Å². The molecular formula is C22H24FN5OS. The van der Waals surface area contributed by atoms with Gasteiger partial charge in [-0.25, -0.2) is 4.39 Å². The first-order valence-corrected chi connectivity index (χ1v) is 11.1. The number of nitrogens with one attached hydrogen (secondary N) is 1. The third-order valence-corrected chi connectivity index (χ3v) is 6.72. The molecule has 2 fully saturated rings. The third-order valence-electron chi connectivity index (χ3n) is 5.81. The number of rotatable bonds is 6. The van der Waals surface area contributed by atoms with Crippen molar-refractivity contribution < 1.29 is 9.50 Å². The fourth-order valence-electron chi connectivity index (χ4n) is 3.87. The van der Waals surface area contributed by atoms with Crippen LogP contribution in [0.2, 0.25) is 0 Å². The van der Waals surface area contributed by atoms with Gasteiger partial charge in [-0.1, -0.05) is 0 Å². The summed E-state index contributed by atoms with van der Waals surface area (Å²) in [6, 6.07) is 8.73. The van der Waals surface area contributed by atoms with Crippen LogP contribution in [0.25, 0.3) is 21.7 Å². The van der Waals surface area contributed by atoms with Crippen molar-refractivity contribution in [2.75, 3.05) is 24.5 Å². The summed E-state index contributed by atoms with van der Waals surface area (Å²) in [6.45, 7) is 4.84. The summed E-state index contributed by atoms with van der Waals surface area (Å²) in [5, 5.41) is 22.7. The second-order valence-corrected chi connectivity index (χ2v) is 9.05. The molecule has 1 aromatic carbocycles. The zero-order valence-corrected chi connectivity index (χ0v) is 17.6. The van der Waals surface area contributed by atoms with Crippen molar-refractivity contribution in [2.45, 2.75) is 32.2 Å². The lowest BCUT2D eigenvalue weighted by Gasteiger charge is -2.17. The molecule has 1 atom stereocenters. The van der Waals surface area contributed by atoms with Gasteiger partial charge in [0.05, 0.1) is 16.3 Å². The van der Waals surface area contributed by atoms with E-state index in [0.717, 1.165) is 43.5 Å². The molecule has 2 aliphatic rings. The minimum Gasteiger partial charge on any atom is -0.507 e. The highest BCUT2D eigenvalue weighted by Gasteiger charge is 2.27. The number of phenols is 1. The predicted octanol–water partition coefficient (Wildman–Crippen LogP) is 4.00. The van der Waals surface area contributed by atoms with Crippen molar-refractivity contribution in [1.29, 1.82) is 0 Å². The van der Waals surface area contributed by atoms with Gasteiger partial charge in [-0.3, -0.25) is 0 Å². The van der Waals surface area contributed by atoms with E-state index in [1.165, 1.54) is 36.5 Å². The highest BCUT2D eigenvalue weighted by atomic mass is 32.1. The minimum absolute atomic E-state index is 0.0231. The average molecular weight is 426 g/mol. The molecule has 1 saturated carbocycles. The first-order chi connectivity index (χ1) is 14.6. The molecular weight excluding hydrogens is 401 g/mol. The Balaban J connectivity index is 1.31. The van der Waals surface area contributed by atoms with E-state index in [0.29, 0.717) is 27.7 Å². The lowest BCUT2D eigenvalue weighted by Crippen LogP contribution is -2.34. The largest absolute Gasteiger partial charge is 0.507 e. The Morgan fingerprint density at radius 3 is 2.73 bits per heavy atom. The number of hydrogen-bond acceptors (Lipinski definition) is 7. The van der Waals surface area contributed by atoms with E-state index in [-0.39, 0.29) is 5.75 Å². The van der Waals surface area contributed by atoms with Crippen LogP contribution in [-0.2, 0) is 0 Å². The molecule has 156 valence electrons. The van der Waals surface area contributed by atoms with Crippen molar-refractivity contribution in [3.63, 3.8) is 0 Å². The van der Waals surface area contributed by atoms with E-state index < -0.39 is 5.82 Å². The Morgan fingerprint density at radius 1 is 1.17 bits per heavy atom. The van der Waals surface area contributed by atoms with Crippen molar-refractivity contribution in [1.82, 2.24) is 19.9 Å². The quantitative estimate of drug-likeness (QED) is 0.622. The monoisotopic (exact) mass is 425 g/mol. The number of hydrogen-bond donors (Lipinski definition) is 2. The number of anilines is 1.